The smallest absolute Gasteiger partial charge is 0.416 e. The maximum absolute atomic E-state index is 13.0. The van der Waals surface area contributed by atoms with Crippen molar-refractivity contribution in [1.29, 1.82) is 0 Å². The van der Waals surface area contributed by atoms with E-state index in [0.29, 0.717) is 0 Å². The maximum Gasteiger partial charge on any atom is 0.416 e. The van der Waals surface area contributed by atoms with Crippen LogP contribution in [0, 0.1) is 0 Å². The molecule has 4 rings (SSSR count). The standard InChI is InChI=1S/C21H18F3N3O2S/c1-29-17-12-27(14-6-4-5-13(11-14)21(22,23)24)26-19(17)20(28)25-16-9-10-30-18-8-3-2-7-15(16)18/h2-8,11-12,16H,9-10H2,1H3,(H,25,28)/t16-/m1/s1. The fraction of sp³-hybridized carbons (Fsp3) is 0.238. The van der Waals surface area contributed by atoms with Gasteiger partial charge in [-0.15, -0.1) is 11.8 Å². The molecule has 0 fully saturated rings. The third-order valence-corrected chi connectivity index (χ3v) is 5.94. The van der Waals surface area contributed by atoms with Crippen LogP contribution in [0.25, 0.3) is 5.69 Å². The molecule has 0 radical (unpaired) electrons. The Labute approximate surface area is 175 Å². The van der Waals surface area contributed by atoms with Gasteiger partial charge >= 0.3 is 6.18 Å². The van der Waals surface area contributed by atoms with Crippen LogP contribution >= 0.6 is 11.8 Å². The number of carbonyl (C=O) groups excluding carboxylic acids is 1. The molecule has 9 heteroatoms. The summed E-state index contributed by atoms with van der Waals surface area (Å²) in [6, 6.07) is 12.4. The molecule has 2 aromatic carbocycles. The largest absolute Gasteiger partial charge is 0.493 e. The van der Waals surface area contributed by atoms with Crippen molar-refractivity contribution in [2.24, 2.45) is 0 Å². The number of aromatic nitrogens is 2. The van der Waals surface area contributed by atoms with E-state index in [1.165, 1.54) is 30.1 Å². The number of nitrogens with zero attached hydrogens (tertiary/aromatic N) is 2. The molecule has 156 valence electrons. The minimum atomic E-state index is -4.47. The Kier molecular flexibility index (Phi) is 5.46. The van der Waals surface area contributed by atoms with Crippen molar-refractivity contribution in [2.45, 2.75) is 23.5 Å². The zero-order valence-corrected chi connectivity index (χ0v) is 16.8. The van der Waals surface area contributed by atoms with Gasteiger partial charge in [0.2, 0.25) is 0 Å². The highest BCUT2D eigenvalue weighted by Crippen LogP contribution is 2.36. The predicted molar refractivity (Wildman–Crippen MR) is 107 cm³/mol. The molecule has 1 aliphatic heterocycles. The van der Waals surface area contributed by atoms with Gasteiger partial charge in [0, 0.05) is 10.6 Å². The van der Waals surface area contributed by atoms with E-state index in [2.05, 4.69) is 10.4 Å². The fourth-order valence-electron chi connectivity index (χ4n) is 3.34. The summed E-state index contributed by atoms with van der Waals surface area (Å²) in [5.41, 5.74) is 0.447. The summed E-state index contributed by atoms with van der Waals surface area (Å²) in [5, 5.41) is 7.18. The van der Waals surface area contributed by atoms with Gasteiger partial charge in [0.1, 0.15) is 0 Å². The molecule has 3 aromatic rings. The van der Waals surface area contributed by atoms with E-state index < -0.39 is 17.6 Å². The van der Waals surface area contributed by atoms with E-state index in [4.69, 9.17) is 4.74 Å². The first-order valence-corrected chi connectivity index (χ1v) is 10.2. The van der Waals surface area contributed by atoms with E-state index in [1.54, 1.807) is 11.8 Å². The molecule has 0 saturated carbocycles. The molecule has 1 aliphatic rings. The lowest BCUT2D eigenvalue weighted by Gasteiger charge is -2.25. The van der Waals surface area contributed by atoms with Crippen LogP contribution in [-0.2, 0) is 6.18 Å². The summed E-state index contributed by atoms with van der Waals surface area (Å²) in [6.07, 6.45) is -2.31. The van der Waals surface area contributed by atoms with Crippen LogP contribution in [-0.4, -0.2) is 28.6 Å². The number of alkyl halides is 3. The van der Waals surface area contributed by atoms with Crippen LogP contribution in [0.4, 0.5) is 13.2 Å². The number of carbonyl (C=O) groups is 1. The number of nitrogens with one attached hydrogen (secondary N) is 1. The van der Waals surface area contributed by atoms with Gasteiger partial charge in [-0.25, -0.2) is 4.68 Å². The van der Waals surface area contributed by atoms with E-state index in [1.807, 2.05) is 24.3 Å². The minimum Gasteiger partial charge on any atom is -0.493 e. The van der Waals surface area contributed by atoms with Gasteiger partial charge in [-0.3, -0.25) is 4.79 Å². The number of ether oxygens (including phenoxy) is 1. The summed E-state index contributed by atoms with van der Waals surface area (Å²) in [5.74, 6) is 0.616. The predicted octanol–water partition coefficient (Wildman–Crippen LogP) is 4.87. The molecule has 0 saturated heterocycles. The number of rotatable bonds is 4. The number of hydrogen-bond acceptors (Lipinski definition) is 4. The van der Waals surface area contributed by atoms with E-state index >= 15 is 0 Å². The molecule has 1 aromatic heterocycles. The number of benzene rings is 2. The number of thioether (sulfide) groups is 1. The van der Waals surface area contributed by atoms with Crippen molar-refractivity contribution >= 4 is 17.7 Å². The van der Waals surface area contributed by atoms with Crippen LogP contribution in [0.1, 0.15) is 34.1 Å². The van der Waals surface area contributed by atoms with Crippen molar-refractivity contribution < 1.29 is 22.7 Å². The van der Waals surface area contributed by atoms with Gasteiger partial charge in [0.15, 0.2) is 11.4 Å². The van der Waals surface area contributed by atoms with Gasteiger partial charge in [-0.05, 0) is 36.2 Å². The summed E-state index contributed by atoms with van der Waals surface area (Å²) in [4.78, 5) is 14.0. The molecule has 0 aliphatic carbocycles. The quantitative estimate of drug-likeness (QED) is 0.638. The van der Waals surface area contributed by atoms with Crippen molar-refractivity contribution in [3.8, 4) is 11.4 Å². The van der Waals surface area contributed by atoms with Gasteiger partial charge in [0.25, 0.3) is 5.91 Å². The van der Waals surface area contributed by atoms with E-state index in [-0.39, 0.29) is 23.2 Å². The number of halogens is 3. The summed E-state index contributed by atoms with van der Waals surface area (Å²) >= 11 is 1.74. The van der Waals surface area contributed by atoms with Crippen molar-refractivity contribution in [2.75, 3.05) is 12.9 Å². The summed E-state index contributed by atoms with van der Waals surface area (Å²) in [6.45, 7) is 0. The Bertz CT molecular complexity index is 1080. The first-order valence-electron chi connectivity index (χ1n) is 9.20. The van der Waals surface area contributed by atoms with Crippen molar-refractivity contribution in [1.82, 2.24) is 15.1 Å². The van der Waals surface area contributed by atoms with Gasteiger partial charge in [-0.1, -0.05) is 24.3 Å². The zero-order valence-electron chi connectivity index (χ0n) is 15.9. The molecule has 1 amide bonds. The molecule has 0 bridgehead atoms. The highest BCUT2D eigenvalue weighted by Gasteiger charge is 2.31. The number of hydrogen-bond donors (Lipinski definition) is 1. The normalized spacial score (nSPS) is 16.1. The summed E-state index contributed by atoms with van der Waals surface area (Å²) in [7, 11) is 1.39. The topological polar surface area (TPSA) is 56.2 Å². The summed E-state index contributed by atoms with van der Waals surface area (Å²) < 4.78 is 45.5. The van der Waals surface area contributed by atoms with Gasteiger partial charge < -0.3 is 10.1 Å². The monoisotopic (exact) mass is 433 g/mol. The third kappa shape index (κ3) is 4.02. The second kappa shape index (κ2) is 8.06. The lowest BCUT2D eigenvalue weighted by atomic mass is 10.0. The molecule has 1 atom stereocenters. The zero-order chi connectivity index (χ0) is 21.3. The highest BCUT2D eigenvalue weighted by atomic mass is 32.2. The molecular weight excluding hydrogens is 415 g/mol. The van der Waals surface area contributed by atoms with Crippen LogP contribution in [0.3, 0.4) is 0 Å². The van der Waals surface area contributed by atoms with Crippen LogP contribution < -0.4 is 10.1 Å². The van der Waals surface area contributed by atoms with Crippen LogP contribution in [0.5, 0.6) is 5.75 Å². The molecule has 1 N–H and O–H groups in total. The number of fused-ring (bicyclic) bond motifs is 1. The number of amides is 1. The Hall–Kier alpha value is -2.94. The van der Waals surface area contributed by atoms with Crippen molar-refractivity contribution in [3.05, 3.63) is 71.5 Å². The third-order valence-electron chi connectivity index (χ3n) is 4.82. The van der Waals surface area contributed by atoms with Gasteiger partial charge in [-0.2, -0.15) is 18.3 Å². The second-order valence-corrected chi connectivity index (χ2v) is 7.88. The maximum atomic E-state index is 13.0. The van der Waals surface area contributed by atoms with Crippen molar-refractivity contribution in [3.63, 3.8) is 0 Å². The fourth-order valence-corrected chi connectivity index (χ4v) is 4.47. The van der Waals surface area contributed by atoms with Gasteiger partial charge in [0.05, 0.1) is 30.6 Å². The average molecular weight is 433 g/mol. The van der Waals surface area contributed by atoms with Crippen LogP contribution in [0.15, 0.2) is 59.6 Å². The molecule has 5 nitrogen and oxygen atoms in total. The second-order valence-electron chi connectivity index (χ2n) is 6.74. The Balaban J connectivity index is 1.62. The molecule has 2 heterocycles. The Morgan fingerprint density at radius 1 is 1.23 bits per heavy atom. The molecule has 30 heavy (non-hydrogen) atoms. The van der Waals surface area contributed by atoms with Crippen LogP contribution in [0.2, 0.25) is 0 Å². The Morgan fingerprint density at radius 3 is 2.80 bits per heavy atom. The molecule has 0 unspecified atom stereocenters. The highest BCUT2D eigenvalue weighted by molar-refractivity contribution is 7.99. The first kappa shape index (κ1) is 20.3. The first-order chi connectivity index (χ1) is 14.4. The molecule has 0 spiro atoms. The van der Waals surface area contributed by atoms with E-state index in [9.17, 15) is 18.0 Å². The minimum absolute atomic E-state index is 0.0191. The lowest BCUT2D eigenvalue weighted by Crippen LogP contribution is -2.31. The SMILES string of the molecule is COc1cn(-c2cccc(C(F)(F)F)c2)nc1C(=O)N[C@@H]1CCSc2ccccc21. The lowest BCUT2D eigenvalue weighted by molar-refractivity contribution is -0.137. The Morgan fingerprint density at radius 2 is 2.03 bits per heavy atom. The molecular formula is C21H18F3N3O2S. The average Bonchev–Trinajstić information content (AvgIpc) is 3.18. The number of methoxy groups -OCH3 is 1. The van der Waals surface area contributed by atoms with E-state index in [0.717, 1.165) is 34.8 Å².